The second kappa shape index (κ2) is 5.67. The second-order valence-electron chi connectivity index (χ2n) is 5.16. The van der Waals surface area contributed by atoms with Gasteiger partial charge in [-0.3, -0.25) is 4.79 Å². The number of carbonyl (C=O) groups is 1. The highest BCUT2D eigenvalue weighted by atomic mass is 19.1. The Morgan fingerprint density at radius 2 is 1.95 bits per heavy atom. The monoisotopic (exact) mass is 300 g/mol. The largest absolute Gasteiger partial charge is 0.273 e. The molecule has 1 aliphatic rings. The van der Waals surface area contributed by atoms with Gasteiger partial charge in [-0.25, -0.2) is 13.8 Å². The summed E-state index contributed by atoms with van der Waals surface area (Å²) in [5.74, 6) is -1.03. The molecule has 0 radical (unpaired) electrons. The summed E-state index contributed by atoms with van der Waals surface area (Å²) in [5, 5.41) is 5.53. The summed E-state index contributed by atoms with van der Waals surface area (Å²) >= 11 is 0. The third kappa shape index (κ3) is 2.62. The van der Waals surface area contributed by atoms with E-state index in [1.54, 1.807) is 30.3 Å². The normalized spacial score (nSPS) is 17.5. The van der Waals surface area contributed by atoms with Crippen LogP contribution in [0.25, 0.3) is 0 Å². The van der Waals surface area contributed by atoms with E-state index in [0.717, 1.165) is 0 Å². The smallest absolute Gasteiger partial charge is 0.240 e. The van der Waals surface area contributed by atoms with Crippen molar-refractivity contribution in [3.8, 4) is 0 Å². The van der Waals surface area contributed by atoms with E-state index in [1.165, 1.54) is 30.1 Å². The topological polar surface area (TPSA) is 32.7 Å². The van der Waals surface area contributed by atoms with Crippen LogP contribution in [0.2, 0.25) is 0 Å². The maximum atomic E-state index is 14.0. The molecule has 0 bridgehead atoms. The number of amides is 1. The Morgan fingerprint density at radius 3 is 2.64 bits per heavy atom. The Morgan fingerprint density at radius 1 is 1.18 bits per heavy atom. The first-order chi connectivity index (χ1) is 10.6. The van der Waals surface area contributed by atoms with Gasteiger partial charge in [-0.05, 0) is 18.2 Å². The number of rotatable bonds is 2. The molecule has 0 unspecified atom stereocenters. The molecule has 0 fully saturated rings. The van der Waals surface area contributed by atoms with Crippen molar-refractivity contribution in [2.75, 3.05) is 0 Å². The van der Waals surface area contributed by atoms with E-state index >= 15 is 0 Å². The van der Waals surface area contributed by atoms with Gasteiger partial charge in [-0.1, -0.05) is 30.3 Å². The summed E-state index contributed by atoms with van der Waals surface area (Å²) in [6, 6.07) is 11.8. The van der Waals surface area contributed by atoms with E-state index in [-0.39, 0.29) is 17.5 Å². The lowest BCUT2D eigenvalue weighted by Gasteiger charge is -2.20. The Bertz CT molecular complexity index is 758. The van der Waals surface area contributed by atoms with Crippen molar-refractivity contribution in [1.82, 2.24) is 5.01 Å². The van der Waals surface area contributed by atoms with Gasteiger partial charge in [0.1, 0.15) is 11.6 Å². The zero-order chi connectivity index (χ0) is 15.7. The first-order valence-electron chi connectivity index (χ1n) is 6.94. The second-order valence-corrected chi connectivity index (χ2v) is 5.16. The minimum atomic E-state index is -0.503. The minimum absolute atomic E-state index is 0.278. The van der Waals surface area contributed by atoms with Gasteiger partial charge in [0.05, 0.1) is 11.8 Å². The quantitative estimate of drug-likeness (QED) is 0.833. The summed E-state index contributed by atoms with van der Waals surface area (Å²) in [6.45, 7) is 1.38. The molecule has 3 nitrogen and oxygen atoms in total. The average Bonchev–Trinajstić information content (AvgIpc) is 2.93. The van der Waals surface area contributed by atoms with E-state index in [1.807, 2.05) is 0 Å². The molecule has 0 saturated heterocycles. The van der Waals surface area contributed by atoms with Gasteiger partial charge in [0.2, 0.25) is 5.91 Å². The summed E-state index contributed by atoms with van der Waals surface area (Å²) in [5.41, 5.74) is 1.58. The molecule has 0 N–H and O–H groups in total. The van der Waals surface area contributed by atoms with E-state index in [0.29, 0.717) is 23.3 Å². The predicted octanol–water partition coefficient (Wildman–Crippen LogP) is 3.66. The zero-order valence-corrected chi connectivity index (χ0v) is 12.0. The fourth-order valence-corrected chi connectivity index (χ4v) is 2.63. The van der Waals surface area contributed by atoms with Gasteiger partial charge < -0.3 is 0 Å². The molecule has 0 spiro atoms. The number of hydrogen-bond acceptors (Lipinski definition) is 2. The van der Waals surface area contributed by atoms with Crippen molar-refractivity contribution in [3.05, 3.63) is 71.3 Å². The molecular weight excluding hydrogens is 286 g/mol. The molecular formula is C17H14F2N2O. The van der Waals surface area contributed by atoms with Crippen LogP contribution in [0.5, 0.6) is 0 Å². The Kier molecular flexibility index (Phi) is 3.71. The van der Waals surface area contributed by atoms with Crippen LogP contribution in [0.4, 0.5) is 8.78 Å². The lowest BCUT2D eigenvalue weighted by molar-refractivity contribution is -0.130. The van der Waals surface area contributed by atoms with Gasteiger partial charge in [0.25, 0.3) is 0 Å². The lowest BCUT2D eigenvalue weighted by Crippen LogP contribution is -2.25. The highest BCUT2D eigenvalue weighted by Gasteiger charge is 2.32. The first-order valence-corrected chi connectivity index (χ1v) is 6.94. The molecule has 1 amide bonds. The molecule has 0 aliphatic carbocycles. The number of hydrogen-bond donors (Lipinski definition) is 0. The highest BCUT2D eigenvalue weighted by Crippen LogP contribution is 2.34. The molecule has 1 heterocycles. The summed E-state index contributed by atoms with van der Waals surface area (Å²) in [4.78, 5) is 11.8. The van der Waals surface area contributed by atoms with Crippen LogP contribution in [0.3, 0.4) is 0 Å². The lowest BCUT2D eigenvalue weighted by atomic mass is 9.98. The Labute approximate surface area is 126 Å². The highest BCUT2D eigenvalue weighted by molar-refractivity contribution is 6.03. The third-order valence-electron chi connectivity index (χ3n) is 3.66. The fourth-order valence-electron chi connectivity index (χ4n) is 2.63. The summed E-state index contributed by atoms with van der Waals surface area (Å²) in [6.07, 6.45) is 0.351. The number of benzene rings is 2. The minimum Gasteiger partial charge on any atom is -0.273 e. The van der Waals surface area contributed by atoms with Gasteiger partial charge >= 0.3 is 0 Å². The number of nitrogens with zero attached hydrogens (tertiary/aromatic N) is 2. The molecule has 2 aromatic rings. The predicted molar refractivity (Wildman–Crippen MR) is 79.2 cm³/mol. The SMILES string of the molecule is CC(=O)N1N=C(c2cccc(F)c2)C[C@H]1c1ccccc1F. The van der Waals surface area contributed by atoms with Crippen LogP contribution in [-0.4, -0.2) is 16.6 Å². The van der Waals surface area contributed by atoms with Crippen LogP contribution < -0.4 is 0 Å². The number of halogens is 2. The van der Waals surface area contributed by atoms with Crippen LogP contribution in [0.15, 0.2) is 53.6 Å². The summed E-state index contributed by atoms with van der Waals surface area (Å²) < 4.78 is 27.4. The average molecular weight is 300 g/mol. The van der Waals surface area contributed by atoms with Gasteiger partial charge in [0, 0.05) is 24.5 Å². The maximum absolute atomic E-state index is 14.0. The third-order valence-corrected chi connectivity index (χ3v) is 3.66. The first kappa shape index (κ1) is 14.4. The van der Waals surface area contributed by atoms with Crippen molar-refractivity contribution in [2.45, 2.75) is 19.4 Å². The van der Waals surface area contributed by atoms with E-state index in [2.05, 4.69) is 5.10 Å². The zero-order valence-electron chi connectivity index (χ0n) is 12.0. The van der Waals surface area contributed by atoms with Gasteiger partial charge in [0.15, 0.2) is 0 Å². The van der Waals surface area contributed by atoms with Crippen molar-refractivity contribution in [2.24, 2.45) is 5.10 Å². The van der Waals surface area contributed by atoms with E-state index < -0.39 is 6.04 Å². The fraction of sp³-hybridized carbons (Fsp3) is 0.176. The van der Waals surface area contributed by atoms with Gasteiger partial charge in [-0.15, -0.1) is 0 Å². The molecule has 5 heteroatoms. The van der Waals surface area contributed by atoms with Gasteiger partial charge in [-0.2, -0.15) is 5.10 Å². The van der Waals surface area contributed by atoms with Crippen LogP contribution in [0.1, 0.15) is 30.5 Å². The molecule has 0 saturated carbocycles. The number of carbonyl (C=O) groups excluding carboxylic acids is 1. The molecule has 3 rings (SSSR count). The Hall–Kier alpha value is -2.56. The molecule has 22 heavy (non-hydrogen) atoms. The van der Waals surface area contributed by atoms with Crippen LogP contribution in [0, 0.1) is 11.6 Å². The summed E-state index contributed by atoms with van der Waals surface area (Å²) in [7, 11) is 0. The van der Waals surface area contributed by atoms with Crippen molar-refractivity contribution in [3.63, 3.8) is 0 Å². The molecule has 1 aliphatic heterocycles. The van der Waals surface area contributed by atoms with Crippen molar-refractivity contribution < 1.29 is 13.6 Å². The van der Waals surface area contributed by atoms with Crippen molar-refractivity contribution in [1.29, 1.82) is 0 Å². The standard InChI is InChI=1S/C17H14F2N2O/c1-11(22)21-17(14-7-2-3-8-15(14)19)10-16(20-21)12-5-4-6-13(18)9-12/h2-9,17H,10H2,1H3/t17-/m0/s1. The number of hydrazone groups is 1. The van der Waals surface area contributed by atoms with Crippen LogP contribution in [-0.2, 0) is 4.79 Å². The Balaban J connectivity index is 1.99. The molecule has 2 aromatic carbocycles. The van der Waals surface area contributed by atoms with E-state index in [9.17, 15) is 13.6 Å². The molecule has 112 valence electrons. The van der Waals surface area contributed by atoms with Crippen LogP contribution >= 0.6 is 0 Å². The molecule has 0 aromatic heterocycles. The maximum Gasteiger partial charge on any atom is 0.240 e. The van der Waals surface area contributed by atoms with Crippen molar-refractivity contribution >= 4 is 11.6 Å². The molecule has 1 atom stereocenters. The van der Waals surface area contributed by atoms with E-state index in [4.69, 9.17) is 0 Å².